The third-order valence-corrected chi connectivity index (χ3v) is 5.15. The zero-order chi connectivity index (χ0) is 22.0. The number of hydrogen-bond acceptors (Lipinski definition) is 0. The lowest BCUT2D eigenvalue weighted by Gasteiger charge is -2.09. The second kappa shape index (κ2) is 9.65. The minimum Gasteiger partial charge on any atom is -0.206 e. The van der Waals surface area contributed by atoms with Gasteiger partial charge < -0.3 is 0 Å². The summed E-state index contributed by atoms with van der Waals surface area (Å²) in [4.78, 5) is 0. The maximum absolute atomic E-state index is 14.7. The molecule has 0 aliphatic heterocycles. The van der Waals surface area contributed by atoms with E-state index in [-0.39, 0.29) is 18.6 Å². The lowest BCUT2D eigenvalue weighted by Crippen LogP contribution is -1.94. The molecule has 4 aromatic carbocycles. The van der Waals surface area contributed by atoms with Crippen molar-refractivity contribution in [1.29, 1.82) is 0 Å². The second-order valence-electron chi connectivity index (χ2n) is 7.22. The van der Waals surface area contributed by atoms with Crippen LogP contribution in [0.3, 0.4) is 0 Å². The Labute approximate surface area is 185 Å². The molecule has 0 heterocycles. The molecule has 0 atom stereocenters. The number of allylic oxidation sites excluding steroid dienone is 1. The van der Waals surface area contributed by atoms with E-state index in [9.17, 15) is 17.6 Å². The third kappa shape index (κ3) is 4.65. The lowest BCUT2D eigenvalue weighted by molar-refractivity contribution is 0.447. The Bertz CT molecular complexity index is 1220. The van der Waals surface area contributed by atoms with Crippen LogP contribution >= 0.6 is 0 Å². The monoisotopic (exact) mass is 434 g/mol. The predicted octanol–water partition coefficient (Wildman–Crippen LogP) is 8.61. The molecule has 0 amide bonds. The highest BCUT2D eigenvalue weighted by molar-refractivity contribution is 5.73. The Morgan fingerprint density at radius 2 is 1.00 bits per heavy atom. The van der Waals surface area contributed by atoms with Crippen LogP contribution in [0.2, 0.25) is 0 Å². The molecule has 4 aromatic rings. The molecule has 0 aliphatic carbocycles. The predicted molar refractivity (Wildman–Crippen MR) is 123 cm³/mol. The van der Waals surface area contributed by atoms with Crippen molar-refractivity contribution in [3.8, 4) is 33.4 Å². The third-order valence-electron chi connectivity index (χ3n) is 5.15. The maximum atomic E-state index is 14.7. The largest absolute Gasteiger partial charge is 0.206 e. The standard InChI is InChI=1S/C27H18F4.CH4/c1-2-3-17-4-6-18(7-5-17)19-8-10-20(11-9-19)21-12-13-23(24(28)14-21)22-15-25(29)27(31)26(30)16-22;/h2,4-16H,1,3H2;1H4. The summed E-state index contributed by atoms with van der Waals surface area (Å²) in [5.74, 6) is -4.93. The fraction of sp³-hybridized carbons (Fsp3) is 0.0714. The van der Waals surface area contributed by atoms with Crippen LogP contribution < -0.4 is 0 Å². The lowest BCUT2D eigenvalue weighted by atomic mass is 9.97. The van der Waals surface area contributed by atoms with E-state index in [0.29, 0.717) is 5.56 Å². The minimum atomic E-state index is -1.57. The van der Waals surface area contributed by atoms with Crippen molar-refractivity contribution in [2.75, 3.05) is 0 Å². The zero-order valence-corrected chi connectivity index (χ0v) is 16.5. The van der Waals surface area contributed by atoms with E-state index < -0.39 is 23.3 Å². The van der Waals surface area contributed by atoms with E-state index in [4.69, 9.17) is 0 Å². The topological polar surface area (TPSA) is 0 Å². The first-order valence-corrected chi connectivity index (χ1v) is 9.71. The first-order chi connectivity index (χ1) is 15.0. The van der Waals surface area contributed by atoms with Crippen molar-refractivity contribution < 1.29 is 17.6 Å². The van der Waals surface area contributed by atoms with Gasteiger partial charge in [-0.1, -0.05) is 74.2 Å². The molecule has 0 aliphatic rings. The van der Waals surface area contributed by atoms with Crippen molar-refractivity contribution >= 4 is 0 Å². The average molecular weight is 434 g/mol. The maximum Gasteiger partial charge on any atom is 0.194 e. The Balaban J connectivity index is 0.00000289. The summed E-state index contributed by atoms with van der Waals surface area (Å²) in [5.41, 5.74) is 4.65. The Kier molecular flexibility index (Phi) is 6.94. The first kappa shape index (κ1) is 23.0. The van der Waals surface area contributed by atoms with Gasteiger partial charge in [0.05, 0.1) is 0 Å². The van der Waals surface area contributed by atoms with Crippen LogP contribution in [-0.4, -0.2) is 0 Å². The van der Waals surface area contributed by atoms with Gasteiger partial charge in [-0.15, -0.1) is 6.58 Å². The van der Waals surface area contributed by atoms with Gasteiger partial charge in [-0.2, -0.15) is 0 Å². The Morgan fingerprint density at radius 3 is 1.50 bits per heavy atom. The summed E-state index contributed by atoms with van der Waals surface area (Å²) >= 11 is 0. The molecule has 0 saturated heterocycles. The smallest absolute Gasteiger partial charge is 0.194 e. The van der Waals surface area contributed by atoms with Crippen LogP contribution in [0.1, 0.15) is 13.0 Å². The molecule has 4 heteroatoms. The quantitative estimate of drug-likeness (QED) is 0.168. The number of benzene rings is 4. The molecular weight excluding hydrogens is 412 g/mol. The SMILES string of the molecule is C.C=CCc1ccc(-c2ccc(-c3ccc(-c4cc(F)c(F)c(F)c4)c(F)c3)cc2)cc1. The van der Waals surface area contributed by atoms with Gasteiger partial charge in [-0.3, -0.25) is 0 Å². The molecule has 162 valence electrons. The van der Waals surface area contributed by atoms with Crippen molar-refractivity contribution in [3.63, 3.8) is 0 Å². The van der Waals surface area contributed by atoms with Crippen LogP contribution in [-0.2, 0) is 6.42 Å². The van der Waals surface area contributed by atoms with Crippen molar-refractivity contribution in [3.05, 3.63) is 120 Å². The van der Waals surface area contributed by atoms with Gasteiger partial charge in [0, 0.05) is 5.56 Å². The van der Waals surface area contributed by atoms with E-state index in [2.05, 4.69) is 18.7 Å². The van der Waals surface area contributed by atoms with Crippen molar-refractivity contribution in [2.24, 2.45) is 0 Å². The van der Waals surface area contributed by atoms with Crippen LogP contribution in [0.15, 0.2) is 91.5 Å². The summed E-state index contributed by atoms with van der Waals surface area (Å²) in [7, 11) is 0. The highest BCUT2D eigenvalue weighted by Crippen LogP contribution is 2.31. The van der Waals surface area contributed by atoms with Gasteiger partial charge in [0.1, 0.15) is 5.82 Å². The summed E-state index contributed by atoms with van der Waals surface area (Å²) in [5, 5.41) is 0. The highest BCUT2D eigenvalue weighted by atomic mass is 19.2. The zero-order valence-electron chi connectivity index (χ0n) is 16.5. The van der Waals surface area contributed by atoms with Crippen LogP contribution in [0, 0.1) is 23.3 Å². The van der Waals surface area contributed by atoms with E-state index in [0.717, 1.165) is 35.2 Å². The number of halogens is 4. The fourth-order valence-corrected chi connectivity index (χ4v) is 3.49. The van der Waals surface area contributed by atoms with Crippen molar-refractivity contribution in [2.45, 2.75) is 13.8 Å². The normalized spacial score (nSPS) is 10.5. The molecule has 0 fully saturated rings. The molecule has 0 spiro atoms. The van der Waals surface area contributed by atoms with Crippen LogP contribution in [0.5, 0.6) is 0 Å². The molecule has 0 radical (unpaired) electrons. The van der Waals surface area contributed by atoms with Gasteiger partial charge in [0.2, 0.25) is 0 Å². The molecule has 32 heavy (non-hydrogen) atoms. The van der Waals surface area contributed by atoms with Gasteiger partial charge in [-0.25, -0.2) is 17.6 Å². The van der Waals surface area contributed by atoms with E-state index >= 15 is 0 Å². The van der Waals surface area contributed by atoms with E-state index in [1.807, 2.05) is 42.5 Å². The summed E-state index contributed by atoms with van der Waals surface area (Å²) in [6.45, 7) is 3.74. The molecular formula is C28H22F4. The number of rotatable bonds is 5. The molecule has 0 nitrogen and oxygen atoms in total. The molecule has 0 bridgehead atoms. The van der Waals surface area contributed by atoms with E-state index in [1.54, 1.807) is 6.07 Å². The van der Waals surface area contributed by atoms with Crippen LogP contribution in [0.4, 0.5) is 17.6 Å². The van der Waals surface area contributed by atoms with E-state index in [1.165, 1.54) is 17.7 Å². The molecule has 0 saturated carbocycles. The first-order valence-electron chi connectivity index (χ1n) is 9.71. The fourth-order valence-electron chi connectivity index (χ4n) is 3.49. The summed E-state index contributed by atoms with van der Waals surface area (Å²) in [6.07, 6.45) is 2.68. The molecule has 0 N–H and O–H groups in total. The second-order valence-corrected chi connectivity index (χ2v) is 7.22. The highest BCUT2D eigenvalue weighted by Gasteiger charge is 2.14. The van der Waals surface area contributed by atoms with Gasteiger partial charge in [-0.05, 0) is 58.0 Å². The molecule has 0 unspecified atom stereocenters. The summed E-state index contributed by atoms with van der Waals surface area (Å²) in [6, 6.07) is 21.8. The Hall–Kier alpha value is -3.66. The van der Waals surface area contributed by atoms with Crippen molar-refractivity contribution in [1.82, 2.24) is 0 Å². The Morgan fingerprint density at radius 1 is 0.562 bits per heavy atom. The molecule has 4 rings (SSSR count). The summed E-state index contributed by atoms with van der Waals surface area (Å²) < 4.78 is 54.9. The minimum absolute atomic E-state index is 0. The van der Waals surface area contributed by atoms with Gasteiger partial charge in [0.25, 0.3) is 0 Å². The number of hydrogen-bond donors (Lipinski definition) is 0. The molecule has 0 aromatic heterocycles. The van der Waals surface area contributed by atoms with Crippen LogP contribution in [0.25, 0.3) is 33.4 Å². The van der Waals surface area contributed by atoms with Gasteiger partial charge >= 0.3 is 0 Å². The average Bonchev–Trinajstić information content (AvgIpc) is 2.78. The van der Waals surface area contributed by atoms with Gasteiger partial charge in [0.15, 0.2) is 17.5 Å².